The predicted octanol–water partition coefficient (Wildman–Crippen LogP) is -0.852. The third-order valence-corrected chi connectivity index (χ3v) is 2.51. The second kappa shape index (κ2) is 4.00. The minimum atomic E-state index is -0.373. The van der Waals surface area contributed by atoms with Crippen LogP contribution >= 0.6 is 0 Å². The van der Waals surface area contributed by atoms with Crippen molar-refractivity contribution < 1.29 is 9.84 Å². The minimum Gasteiger partial charge on any atom is -0.394 e. The molecule has 1 aliphatic heterocycles. The van der Waals surface area contributed by atoms with Gasteiger partial charge in [-0.2, -0.15) is 4.98 Å². The molecule has 3 N–H and O–H groups in total. The van der Waals surface area contributed by atoms with Crippen LogP contribution in [-0.2, 0) is 4.74 Å². The molecular formula is C9H13N3O3. The fourth-order valence-corrected chi connectivity index (χ4v) is 1.71. The smallest absolute Gasteiger partial charge is 0.349 e. The molecule has 1 fully saturated rings. The molecule has 82 valence electrons. The van der Waals surface area contributed by atoms with Gasteiger partial charge < -0.3 is 15.6 Å². The summed E-state index contributed by atoms with van der Waals surface area (Å²) in [6.45, 7) is 0.407. The van der Waals surface area contributed by atoms with Gasteiger partial charge in [0.25, 0.3) is 0 Å². The van der Waals surface area contributed by atoms with E-state index >= 15 is 0 Å². The lowest BCUT2D eigenvalue weighted by molar-refractivity contribution is 0.0574. The molecule has 0 amide bonds. The Morgan fingerprint density at radius 2 is 2.53 bits per heavy atom. The zero-order valence-electron chi connectivity index (χ0n) is 8.17. The molecule has 0 aliphatic carbocycles. The van der Waals surface area contributed by atoms with Gasteiger partial charge in [-0.15, -0.1) is 0 Å². The maximum absolute atomic E-state index is 11.5. The van der Waals surface area contributed by atoms with E-state index in [-0.39, 0.29) is 30.3 Å². The van der Waals surface area contributed by atoms with E-state index in [4.69, 9.17) is 15.6 Å². The lowest BCUT2D eigenvalue weighted by Gasteiger charge is -2.10. The molecule has 1 saturated heterocycles. The Bertz CT molecular complexity index is 404. The highest BCUT2D eigenvalue weighted by molar-refractivity contribution is 5.23. The summed E-state index contributed by atoms with van der Waals surface area (Å²) in [6.07, 6.45) is 2.06. The SMILES string of the molecule is Nc1ccn([C@H]2CO[C@@H](CO)C2)c(=O)n1. The first-order valence-corrected chi connectivity index (χ1v) is 4.78. The van der Waals surface area contributed by atoms with Crippen molar-refractivity contribution in [2.75, 3.05) is 18.9 Å². The van der Waals surface area contributed by atoms with Crippen LogP contribution in [0.1, 0.15) is 12.5 Å². The summed E-state index contributed by atoms with van der Waals surface area (Å²) in [7, 11) is 0. The van der Waals surface area contributed by atoms with E-state index in [1.807, 2.05) is 0 Å². The molecule has 1 aliphatic rings. The van der Waals surface area contributed by atoms with Gasteiger partial charge in [-0.05, 0) is 12.5 Å². The van der Waals surface area contributed by atoms with Crippen LogP contribution in [0.25, 0.3) is 0 Å². The van der Waals surface area contributed by atoms with Crippen LogP contribution in [-0.4, -0.2) is 34.0 Å². The Morgan fingerprint density at radius 1 is 1.73 bits per heavy atom. The summed E-state index contributed by atoms with van der Waals surface area (Å²) >= 11 is 0. The number of nitrogen functional groups attached to an aromatic ring is 1. The van der Waals surface area contributed by atoms with Gasteiger partial charge in [0.2, 0.25) is 0 Å². The molecule has 0 unspecified atom stereocenters. The van der Waals surface area contributed by atoms with Crippen molar-refractivity contribution >= 4 is 5.82 Å². The van der Waals surface area contributed by atoms with Crippen molar-refractivity contribution in [2.45, 2.75) is 18.6 Å². The number of hydrogen-bond donors (Lipinski definition) is 2. The molecule has 0 spiro atoms. The van der Waals surface area contributed by atoms with Crippen molar-refractivity contribution in [3.63, 3.8) is 0 Å². The molecule has 6 heteroatoms. The Balaban J connectivity index is 2.20. The summed E-state index contributed by atoms with van der Waals surface area (Å²) in [5.41, 5.74) is 5.01. The number of ether oxygens (including phenoxy) is 1. The number of aliphatic hydroxyl groups is 1. The minimum absolute atomic E-state index is 0.0202. The first kappa shape index (κ1) is 10.1. The summed E-state index contributed by atoms with van der Waals surface area (Å²) in [5.74, 6) is 0.217. The van der Waals surface area contributed by atoms with Gasteiger partial charge in [0.05, 0.1) is 25.4 Å². The van der Waals surface area contributed by atoms with Gasteiger partial charge in [-0.3, -0.25) is 4.57 Å². The fourth-order valence-electron chi connectivity index (χ4n) is 1.71. The topological polar surface area (TPSA) is 90.4 Å². The number of aliphatic hydroxyl groups excluding tert-OH is 1. The molecule has 6 nitrogen and oxygen atoms in total. The number of hydrogen-bond acceptors (Lipinski definition) is 5. The lowest BCUT2D eigenvalue weighted by Crippen LogP contribution is -2.27. The first-order valence-electron chi connectivity index (χ1n) is 4.78. The van der Waals surface area contributed by atoms with Gasteiger partial charge >= 0.3 is 5.69 Å². The van der Waals surface area contributed by atoms with Gasteiger partial charge in [0.1, 0.15) is 5.82 Å². The third-order valence-electron chi connectivity index (χ3n) is 2.51. The maximum atomic E-state index is 11.5. The van der Waals surface area contributed by atoms with Gasteiger partial charge in [-0.25, -0.2) is 4.79 Å². The summed E-state index contributed by atoms with van der Waals surface area (Å²) in [5, 5.41) is 8.90. The van der Waals surface area contributed by atoms with E-state index in [1.54, 1.807) is 12.3 Å². The predicted molar refractivity (Wildman–Crippen MR) is 53.4 cm³/mol. The molecular weight excluding hydrogens is 198 g/mol. The largest absolute Gasteiger partial charge is 0.394 e. The highest BCUT2D eigenvalue weighted by atomic mass is 16.5. The van der Waals surface area contributed by atoms with Gasteiger partial charge in [-0.1, -0.05) is 0 Å². The van der Waals surface area contributed by atoms with E-state index < -0.39 is 0 Å². The van der Waals surface area contributed by atoms with Crippen molar-refractivity contribution in [2.24, 2.45) is 0 Å². The molecule has 2 rings (SSSR count). The monoisotopic (exact) mass is 211 g/mol. The fraction of sp³-hybridized carbons (Fsp3) is 0.556. The Kier molecular flexibility index (Phi) is 2.70. The average Bonchev–Trinajstić information content (AvgIpc) is 2.66. The second-order valence-electron chi connectivity index (χ2n) is 3.57. The molecule has 15 heavy (non-hydrogen) atoms. The second-order valence-corrected chi connectivity index (χ2v) is 3.57. The number of nitrogens with two attached hydrogens (primary N) is 1. The summed E-state index contributed by atoms with van der Waals surface area (Å²) in [6, 6.07) is 1.52. The quantitative estimate of drug-likeness (QED) is 0.664. The van der Waals surface area contributed by atoms with Gasteiger partial charge in [0, 0.05) is 6.20 Å². The zero-order chi connectivity index (χ0) is 10.8. The third kappa shape index (κ3) is 2.00. The van der Waals surface area contributed by atoms with Crippen molar-refractivity contribution in [1.29, 1.82) is 0 Å². The average molecular weight is 211 g/mol. The maximum Gasteiger partial charge on any atom is 0.349 e. The van der Waals surface area contributed by atoms with E-state index in [9.17, 15) is 4.79 Å². The zero-order valence-corrected chi connectivity index (χ0v) is 8.17. The highest BCUT2D eigenvalue weighted by Gasteiger charge is 2.26. The van der Waals surface area contributed by atoms with E-state index in [0.29, 0.717) is 13.0 Å². The molecule has 2 heterocycles. The Hall–Kier alpha value is -1.40. The van der Waals surface area contributed by atoms with Crippen LogP contribution < -0.4 is 11.4 Å². The van der Waals surface area contributed by atoms with Crippen LogP contribution in [0.15, 0.2) is 17.1 Å². The molecule has 2 atom stereocenters. The van der Waals surface area contributed by atoms with Gasteiger partial charge in [0.15, 0.2) is 0 Å². The Labute approximate surface area is 86.3 Å². The van der Waals surface area contributed by atoms with Crippen molar-refractivity contribution in [1.82, 2.24) is 9.55 Å². The molecule has 0 radical (unpaired) electrons. The molecule has 1 aromatic rings. The molecule has 1 aromatic heterocycles. The lowest BCUT2D eigenvalue weighted by atomic mass is 10.2. The van der Waals surface area contributed by atoms with Crippen LogP contribution in [0.2, 0.25) is 0 Å². The van der Waals surface area contributed by atoms with E-state index in [2.05, 4.69) is 4.98 Å². The van der Waals surface area contributed by atoms with Crippen molar-refractivity contribution in [3.05, 3.63) is 22.7 Å². The number of rotatable bonds is 2. The number of anilines is 1. The summed E-state index contributed by atoms with van der Waals surface area (Å²) < 4.78 is 6.78. The molecule has 0 saturated carbocycles. The summed E-state index contributed by atoms with van der Waals surface area (Å²) in [4.78, 5) is 15.1. The van der Waals surface area contributed by atoms with Crippen molar-refractivity contribution in [3.8, 4) is 0 Å². The van der Waals surface area contributed by atoms with E-state index in [0.717, 1.165) is 0 Å². The number of aromatic nitrogens is 2. The van der Waals surface area contributed by atoms with E-state index in [1.165, 1.54) is 4.57 Å². The number of nitrogens with zero attached hydrogens (tertiary/aromatic N) is 2. The molecule has 0 bridgehead atoms. The molecule has 0 aromatic carbocycles. The standard InChI is InChI=1S/C9H13N3O3/c10-8-1-2-12(9(14)11-8)6-3-7(4-13)15-5-6/h1-2,6-7,13H,3-5H2,(H2,10,11,14)/t6-,7-/m1/s1. The van der Waals surface area contributed by atoms with Crippen LogP contribution in [0.3, 0.4) is 0 Å². The van der Waals surface area contributed by atoms with Crippen LogP contribution in [0.5, 0.6) is 0 Å². The van der Waals surface area contributed by atoms with Crippen LogP contribution in [0.4, 0.5) is 5.82 Å². The highest BCUT2D eigenvalue weighted by Crippen LogP contribution is 2.22. The van der Waals surface area contributed by atoms with Crippen LogP contribution in [0, 0.1) is 0 Å². The Morgan fingerprint density at radius 3 is 3.13 bits per heavy atom. The normalized spacial score (nSPS) is 25.7. The first-order chi connectivity index (χ1) is 7.20.